The molecule has 2 aliphatic rings. The molecule has 1 aliphatic heterocycles. The van der Waals surface area contributed by atoms with E-state index in [0.717, 1.165) is 23.5 Å². The lowest BCUT2D eigenvalue weighted by Gasteiger charge is -2.21. The van der Waals surface area contributed by atoms with Gasteiger partial charge in [-0.2, -0.15) is 5.10 Å². The minimum Gasteiger partial charge on any atom is -0.486 e. The molecule has 1 saturated carbocycles. The molecule has 6 heteroatoms. The standard InChI is InChI=1S/C19H23N3O3/c1-3-22(12-13-10-20-21(2)11-13)19(23)16-9-15(16)14-4-5-17-18(8-14)25-7-6-24-17/h4-5,8,10-11,15-16H,3,6-7,9,12H2,1-2H3/t15-,16+/m1/s1. The Morgan fingerprint density at radius 3 is 2.84 bits per heavy atom. The molecule has 2 aromatic rings. The van der Waals surface area contributed by atoms with Gasteiger partial charge in [-0.3, -0.25) is 9.48 Å². The number of aryl methyl sites for hydroxylation is 1. The predicted molar refractivity (Wildman–Crippen MR) is 92.6 cm³/mol. The lowest BCUT2D eigenvalue weighted by molar-refractivity contribution is -0.133. The number of fused-ring (bicyclic) bond motifs is 1. The van der Waals surface area contributed by atoms with Gasteiger partial charge in [-0.15, -0.1) is 0 Å². The normalized spacial score (nSPS) is 21.0. The number of nitrogens with zero attached hydrogens (tertiary/aromatic N) is 3. The summed E-state index contributed by atoms with van der Waals surface area (Å²) in [5.41, 5.74) is 2.23. The van der Waals surface area contributed by atoms with Gasteiger partial charge < -0.3 is 14.4 Å². The first-order valence-electron chi connectivity index (χ1n) is 8.81. The fourth-order valence-corrected chi connectivity index (χ4v) is 3.48. The van der Waals surface area contributed by atoms with Gasteiger partial charge in [-0.05, 0) is 37.0 Å². The number of hydrogen-bond donors (Lipinski definition) is 0. The van der Waals surface area contributed by atoms with Gasteiger partial charge in [0, 0.05) is 37.8 Å². The summed E-state index contributed by atoms with van der Waals surface area (Å²) in [5, 5.41) is 4.18. The lowest BCUT2D eigenvalue weighted by atomic mass is 10.1. The highest BCUT2D eigenvalue weighted by molar-refractivity contribution is 5.83. The second kappa shape index (κ2) is 6.43. The number of carbonyl (C=O) groups is 1. The van der Waals surface area contributed by atoms with Crippen molar-refractivity contribution >= 4 is 5.91 Å². The van der Waals surface area contributed by atoms with Crippen LogP contribution in [0.5, 0.6) is 11.5 Å². The van der Waals surface area contributed by atoms with Gasteiger partial charge in [0.1, 0.15) is 13.2 Å². The topological polar surface area (TPSA) is 56.6 Å². The summed E-state index contributed by atoms with van der Waals surface area (Å²) < 4.78 is 13.0. The van der Waals surface area contributed by atoms with Crippen LogP contribution in [-0.4, -0.2) is 40.3 Å². The molecule has 0 saturated heterocycles. The molecule has 1 aromatic heterocycles. The monoisotopic (exact) mass is 341 g/mol. The minimum absolute atomic E-state index is 0.0687. The second-order valence-corrected chi connectivity index (χ2v) is 6.73. The highest BCUT2D eigenvalue weighted by Crippen LogP contribution is 2.50. The minimum atomic E-state index is 0.0687. The van der Waals surface area contributed by atoms with E-state index >= 15 is 0 Å². The van der Waals surface area contributed by atoms with Crippen molar-refractivity contribution in [1.29, 1.82) is 0 Å². The van der Waals surface area contributed by atoms with Crippen molar-refractivity contribution in [3.05, 3.63) is 41.7 Å². The molecule has 2 atom stereocenters. The first kappa shape index (κ1) is 16.0. The SMILES string of the molecule is CCN(Cc1cnn(C)c1)C(=O)[C@H]1C[C@@H]1c1ccc2c(c1)OCCO2. The van der Waals surface area contributed by atoms with E-state index in [0.29, 0.717) is 26.3 Å². The number of ether oxygens (including phenoxy) is 2. The van der Waals surface area contributed by atoms with E-state index in [1.165, 1.54) is 5.56 Å². The number of rotatable bonds is 5. The van der Waals surface area contributed by atoms with Gasteiger partial charge in [0.15, 0.2) is 11.5 Å². The zero-order valence-electron chi connectivity index (χ0n) is 14.6. The Morgan fingerprint density at radius 2 is 2.12 bits per heavy atom. The second-order valence-electron chi connectivity index (χ2n) is 6.73. The zero-order valence-corrected chi connectivity index (χ0v) is 14.6. The Balaban J connectivity index is 1.43. The molecular weight excluding hydrogens is 318 g/mol. The summed E-state index contributed by atoms with van der Waals surface area (Å²) in [6, 6.07) is 6.05. The third-order valence-electron chi connectivity index (χ3n) is 4.93. The fourth-order valence-electron chi connectivity index (χ4n) is 3.48. The van der Waals surface area contributed by atoms with Gasteiger partial charge in [-0.25, -0.2) is 0 Å². The number of amides is 1. The molecule has 0 unspecified atom stereocenters. The van der Waals surface area contributed by atoms with Crippen LogP contribution in [0.3, 0.4) is 0 Å². The van der Waals surface area contributed by atoms with Crippen LogP contribution in [-0.2, 0) is 18.4 Å². The van der Waals surface area contributed by atoms with Crippen LogP contribution in [0.15, 0.2) is 30.6 Å². The summed E-state index contributed by atoms with van der Waals surface area (Å²) in [4.78, 5) is 14.8. The zero-order chi connectivity index (χ0) is 17.4. The van der Waals surface area contributed by atoms with Crippen LogP contribution in [0.1, 0.15) is 30.4 Å². The Labute approximate surface area is 147 Å². The van der Waals surface area contributed by atoms with Crippen molar-refractivity contribution in [2.45, 2.75) is 25.8 Å². The van der Waals surface area contributed by atoms with Crippen LogP contribution in [0.4, 0.5) is 0 Å². The summed E-state index contributed by atoms with van der Waals surface area (Å²) in [7, 11) is 1.89. The average Bonchev–Trinajstić information content (AvgIpc) is 3.34. The molecule has 1 fully saturated rings. The molecule has 6 nitrogen and oxygen atoms in total. The molecule has 0 radical (unpaired) electrons. The van der Waals surface area contributed by atoms with Crippen LogP contribution in [0.25, 0.3) is 0 Å². The maximum Gasteiger partial charge on any atom is 0.226 e. The van der Waals surface area contributed by atoms with E-state index < -0.39 is 0 Å². The molecule has 0 N–H and O–H groups in total. The molecule has 132 valence electrons. The highest BCUT2D eigenvalue weighted by Gasteiger charge is 2.45. The molecule has 1 aromatic carbocycles. The van der Waals surface area contributed by atoms with Crippen molar-refractivity contribution < 1.29 is 14.3 Å². The lowest BCUT2D eigenvalue weighted by Crippen LogP contribution is -2.31. The smallest absolute Gasteiger partial charge is 0.226 e. The van der Waals surface area contributed by atoms with Crippen LogP contribution in [0, 0.1) is 5.92 Å². The molecule has 25 heavy (non-hydrogen) atoms. The molecule has 1 amide bonds. The highest BCUT2D eigenvalue weighted by atomic mass is 16.6. The van der Waals surface area contributed by atoms with Gasteiger partial charge in [0.05, 0.1) is 6.20 Å². The summed E-state index contributed by atoms with van der Waals surface area (Å²) in [6.07, 6.45) is 4.68. The molecule has 0 spiro atoms. The van der Waals surface area contributed by atoms with Gasteiger partial charge in [0.25, 0.3) is 0 Å². The van der Waals surface area contributed by atoms with Crippen molar-refractivity contribution in [2.24, 2.45) is 13.0 Å². The van der Waals surface area contributed by atoms with Crippen molar-refractivity contribution in [1.82, 2.24) is 14.7 Å². The van der Waals surface area contributed by atoms with Gasteiger partial charge >= 0.3 is 0 Å². The van der Waals surface area contributed by atoms with E-state index in [4.69, 9.17) is 9.47 Å². The number of carbonyl (C=O) groups excluding carboxylic acids is 1. The summed E-state index contributed by atoms with van der Waals surface area (Å²) >= 11 is 0. The third-order valence-corrected chi connectivity index (χ3v) is 4.93. The van der Waals surface area contributed by atoms with Crippen molar-refractivity contribution in [3.63, 3.8) is 0 Å². The average molecular weight is 341 g/mol. The Kier molecular flexibility index (Phi) is 4.11. The van der Waals surface area contributed by atoms with Crippen LogP contribution in [0.2, 0.25) is 0 Å². The van der Waals surface area contributed by atoms with Crippen LogP contribution >= 0.6 is 0 Å². The maximum absolute atomic E-state index is 12.9. The summed E-state index contributed by atoms with van der Waals surface area (Å²) in [5.74, 6) is 2.17. The molecule has 4 rings (SSSR count). The maximum atomic E-state index is 12.9. The van der Waals surface area contributed by atoms with Crippen molar-refractivity contribution in [3.8, 4) is 11.5 Å². The van der Waals surface area contributed by atoms with E-state index in [2.05, 4.69) is 11.2 Å². The van der Waals surface area contributed by atoms with Crippen LogP contribution < -0.4 is 9.47 Å². The van der Waals surface area contributed by atoms with Gasteiger partial charge in [0.2, 0.25) is 5.91 Å². The third kappa shape index (κ3) is 3.21. The van der Waals surface area contributed by atoms with E-state index in [-0.39, 0.29) is 17.7 Å². The Hall–Kier alpha value is -2.50. The number of hydrogen-bond acceptors (Lipinski definition) is 4. The first-order valence-corrected chi connectivity index (χ1v) is 8.81. The largest absolute Gasteiger partial charge is 0.486 e. The number of aromatic nitrogens is 2. The Morgan fingerprint density at radius 1 is 1.32 bits per heavy atom. The van der Waals surface area contributed by atoms with E-state index in [1.54, 1.807) is 4.68 Å². The van der Waals surface area contributed by atoms with Crippen molar-refractivity contribution in [2.75, 3.05) is 19.8 Å². The molecule has 0 bridgehead atoms. The molecule has 1 aliphatic carbocycles. The molecular formula is C19H23N3O3. The van der Waals surface area contributed by atoms with E-state index in [1.807, 2.05) is 43.4 Å². The first-order chi connectivity index (χ1) is 12.2. The van der Waals surface area contributed by atoms with Gasteiger partial charge in [-0.1, -0.05) is 6.07 Å². The molecule has 2 heterocycles. The number of benzene rings is 1. The van der Waals surface area contributed by atoms with E-state index in [9.17, 15) is 4.79 Å². The summed E-state index contributed by atoms with van der Waals surface area (Å²) in [6.45, 7) is 4.52. The Bertz CT molecular complexity index is 786. The predicted octanol–water partition coefficient (Wildman–Crippen LogP) is 2.34. The fraction of sp³-hybridized carbons (Fsp3) is 0.474. The quantitative estimate of drug-likeness (QED) is 0.838.